The molecule has 2 aromatic heterocycles. The molecule has 3 nitrogen and oxygen atoms in total. The van der Waals surface area contributed by atoms with Crippen molar-refractivity contribution < 1.29 is 0 Å². The van der Waals surface area contributed by atoms with Gasteiger partial charge in [0.1, 0.15) is 0 Å². The number of hydrogen-bond acceptors (Lipinski definition) is 2. The van der Waals surface area contributed by atoms with Crippen LogP contribution in [0.15, 0.2) is 188 Å². The normalized spacial score (nSPS) is 14.2. The van der Waals surface area contributed by atoms with Crippen molar-refractivity contribution >= 4 is 72.2 Å². The van der Waals surface area contributed by atoms with Crippen LogP contribution in [0.3, 0.4) is 0 Å². The van der Waals surface area contributed by atoms with Crippen molar-refractivity contribution in [2.75, 3.05) is 9.80 Å². The molecule has 4 heterocycles. The molecule has 8 aromatic carbocycles. The zero-order chi connectivity index (χ0) is 34.0. The number of nitrogens with zero attached hydrogens (tertiary/aromatic N) is 3. The number of fused-ring (bicyclic) bond motifs is 14. The fourth-order valence-corrected chi connectivity index (χ4v) is 9.77. The quantitative estimate of drug-likeness (QED) is 0.183. The third-order valence-electron chi connectivity index (χ3n) is 11.7. The van der Waals surface area contributed by atoms with Crippen LogP contribution in [0.1, 0.15) is 22.3 Å². The van der Waals surface area contributed by atoms with E-state index in [1.807, 2.05) is 0 Å². The molecule has 242 valence electrons. The maximum absolute atomic E-state index is 2.52. The molecule has 3 heteroatoms. The summed E-state index contributed by atoms with van der Waals surface area (Å²) in [5.74, 6) is 0. The smallest absolute Gasteiger partial charge is 0.0782 e. The van der Waals surface area contributed by atoms with E-state index in [1.165, 1.54) is 88.8 Å². The lowest BCUT2D eigenvalue weighted by Gasteiger charge is -2.51. The van der Waals surface area contributed by atoms with E-state index in [-0.39, 0.29) is 0 Å². The van der Waals surface area contributed by atoms with Crippen molar-refractivity contribution in [2.24, 2.45) is 0 Å². The monoisotopic (exact) mass is 661 g/mol. The second-order valence-electron chi connectivity index (χ2n) is 14.1. The molecule has 12 rings (SSSR count). The molecule has 0 saturated heterocycles. The van der Waals surface area contributed by atoms with E-state index >= 15 is 0 Å². The van der Waals surface area contributed by atoms with Crippen molar-refractivity contribution in [3.63, 3.8) is 0 Å². The van der Waals surface area contributed by atoms with Crippen molar-refractivity contribution in [1.29, 1.82) is 0 Å². The summed E-state index contributed by atoms with van der Waals surface area (Å²) >= 11 is 0. The molecule has 10 aromatic rings. The number of rotatable bonds is 2. The standard InChI is InChI=1S/C49H31N3/c1-2-16-32(17-3-1)50-44-26-12-6-20-38(44)49(39-21-7-13-27-45(39)50)40-22-8-14-28-46(40)51(47-29-15-9-23-41(47)49)33-30-36-34-18-4-10-24-42(34)52-43-25-11-5-19-35(43)37(31-33)48(36)52/h1-31H. The predicted octanol–water partition coefficient (Wildman–Crippen LogP) is 12.8. The van der Waals surface area contributed by atoms with Crippen molar-refractivity contribution in [1.82, 2.24) is 4.40 Å². The second-order valence-corrected chi connectivity index (χ2v) is 14.1. The van der Waals surface area contributed by atoms with Gasteiger partial charge in [-0.2, -0.15) is 0 Å². The predicted molar refractivity (Wildman–Crippen MR) is 216 cm³/mol. The van der Waals surface area contributed by atoms with E-state index in [2.05, 4.69) is 202 Å². The van der Waals surface area contributed by atoms with Gasteiger partial charge in [-0.25, -0.2) is 0 Å². The highest BCUT2D eigenvalue weighted by Gasteiger charge is 2.51. The fourth-order valence-electron chi connectivity index (χ4n) is 9.77. The minimum Gasteiger partial charge on any atom is -0.310 e. The van der Waals surface area contributed by atoms with E-state index in [0.29, 0.717) is 0 Å². The molecule has 0 amide bonds. The van der Waals surface area contributed by atoms with Gasteiger partial charge in [0.2, 0.25) is 0 Å². The molecular formula is C49H31N3. The van der Waals surface area contributed by atoms with Gasteiger partial charge in [-0.3, -0.25) is 0 Å². The second kappa shape index (κ2) is 10.1. The molecule has 2 aliphatic rings. The Morgan fingerprint density at radius 3 is 1.13 bits per heavy atom. The van der Waals surface area contributed by atoms with Gasteiger partial charge in [0.25, 0.3) is 0 Å². The molecule has 2 aliphatic heterocycles. The molecule has 0 radical (unpaired) electrons. The molecule has 0 saturated carbocycles. The first-order valence-corrected chi connectivity index (χ1v) is 18.0. The molecule has 0 atom stereocenters. The number of aromatic nitrogens is 1. The topological polar surface area (TPSA) is 10.9 Å². The van der Waals surface area contributed by atoms with Gasteiger partial charge in [0.05, 0.1) is 44.7 Å². The van der Waals surface area contributed by atoms with Crippen molar-refractivity contribution in [2.45, 2.75) is 5.41 Å². The largest absolute Gasteiger partial charge is 0.310 e. The summed E-state index contributed by atoms with van der Waals surface area (Å²) in [5.41, 5.74) is 15.5. The van der Waals surface area contributed by atoms with Gasteiger partial charge in [-0.1, -0.05) is 127 Å². The summed E-state index contributed by atoms with van der Waals surface area (Å²) in [4.78, 5) is 4.96. The lowest BCUT2D eigenvalue weighted by molar-refractivity contribution is 0.719. The number of hydrogen-bond donors (Lipinski definition) is 0. The summed E-state index contributed by atoms with van der Waals surface area (Å²) < 4.78 is 2.46. The summed E-state index contributed by atoms with van der Waals surface area (Å²) in [6.45, 7) is 0. The van der Waals surface area contributed by atoms with Crippen LogP contribution in [0.25, 0.3) is 38.1 Å². The first kappa shape index (κ1) is 27.9. The maximum atomic E-state index is 2.52. The van der Waals surface area contributed by atoms with Crippen LogP contribution in [-0.2, 0) is 5.41 Å². The Hall–Kier alpha value is -6.84. The average Bonchev–Trinajstić information content (AvgIpc) is 3.73. The van der Waals surface area contributed by atoms with E-state index in [1.54, 1.807) is 0 Å². The molecular weight excluding hydrogens is 631 g/mol. The minimum atomic E-state index is -0.550. The van der Waals surface area contributed by atoms with Crippen LogP contribution >= 0.6 is 0 Å². The SMILES string of the molecule is c1ccc(N2c3ccccc3C3(c4ccccc42)c2ccccc2N(c2cc4c5ccccc5n5c6ccccc6c(c2)c45)c2ccccc23)cc1. The maximum Gasteiger partial charge on any atom is 0.0782 e. The molecule has 0 fully saturated rings. The zero-order valence-electron chi connectivity index (χ0n) is 28.2. The van der Waals surface area contributed by atoms with E-state index < -0.39 is 5.41 Å². The van der Waals surface area contributed by atoms with Gasteiger partial charge in [-0.15, -0.1) is 0 Å². The lowest BCUT2D eigenvalue weighted by Crippen LogP contribution is -2.41. The highest BCUT2D eigenvalue weighted by atomic mass is 15.2. The highest BCUT2D eigenvalue weighted by Crippen LogP contribution is 2.64. The Morgan fingerprint density at radius 1 is 0.308 bits per heavy atom. The summed E-state index contributed by atoms with van der Waals surface area (Å²) in [7, 11) is 0. The first-order valence-electron chi connectivity index (χ1n) is 18.0. The van der Waals surface area contributed by atoms with E-state index in [4.69, 9.17) is 0 Å². The van der Waals surface area contributed by atoms with Crippen LogP contribution < -0.4 is 9.80 Å². The summed E-state index contributed by atoms with van der Waals surface area (Å²) in [5, 5.41) is 5.12. The van der Waals surface area contributed by atoms with Crippen LogP contribution in [0.4, 0.5) is 34.1 Å². The number of anilines is 6. The van der Waals surface area contributed by atoms with Crippen LogP contribution in [0.5, 0.6) is 0 Å². The van der Waals surface area contributed by atoms with Crippen LogP contribution in [0.2, 0.25) is 0 Å². The van der Waals surface area contributed by atoms with Gasteiger partial charge >= 0.3 is 0 Å². The molecule has 0 bridgehead atoms. The van der Waals surface area contributed by atoms with E-state index in [0.717, 1.165) is 5.69 Å². The average molecular weight is 662 g/mol. The van der Waals surface area contributed by atoms with E-state index in [9.17, 15) is 0 Å². The molecule has 1 spiro atoms. The molecule has 0 unspecified atom stereocenters. The van der Waals surface area contributed by atoms with Gasteiger partial charge < -0.3 is 14.2 Å². The Balaban J connectivity index is 1.20. The number of para-hydroxylation sites is 7. The van der Waals surface area contributed by atoms with Gasteiger partial charge in [0.15, 0.2) is 0 Å². The Morgan fingerprint density at radius 2 is 0.673 bits per heavy atom. The Bertz CT molecular complexity index is 2870. The van der Waals surface area contributed by atoms with Crippen molar-refractivity contribution in [3.05, 3.63) is 210 Å². The third kappa shape index (κ3) is 3.36. The molecule has 0 N–H and O–H groups in total. The fraction of sp³-hybridized carbons (Fsp3) is 0.0204. The van der Waals surface area contributed by atoms with Gasteiger partial charge in [-0.05, 0) is 82.9 Å². The Kier molecular flexibility index (Phi) is 5.43. The summed E-state index contributed by atoms with van der Waals surface area (Å²) in [6, 6.07) is 69.6. The highest BCUT2D eigenvalue weighted by molar-refractivity contribution is 6.24. The van der Waals surface area contributed by atoms with Crippen LogP contribution in [-0.4, -0.2) is 4.40 Å². The molecule has 0 aliphatic carbocycles. The molecule has 52 heavy (non-hydrogen) atoms. The first-order chi connectivity index (χ1) is 25.8. The van der Waals surface area contributed by atoms with Crippen LogP contribution in [0, 0.1) is 0 Å². The third-order valence-corrected chi connectivity index (χ3v) is 11.7. The van der Waals surface area contributed by atoms with Crippen molar-refractivity contribution in [3.8, 4) is 0 Å². The minimum absolute atomic E-state index is 0.550. The summed E-state index contributed by atoms with van der Waals surface area (Å²) in [6.07, 6.45) is 0. The zero-order valence-corrected chi connectivity index (χ0v) is 28.2. The lowest BCUT2D eigenvalue weighted by atomic mass is 9.60. The van der Waals surface area contributed by atoms with Gasteiger partial charge in [0, 0.05) is 32.9 Å². The Labute approximate surface area is 301 Å². The number of benzene rings is 8.